The van der Waals surface area contributed by atoms with E-state index in [1.807, 2.05) is 20.8 Å². The second-order valence-corrected chi connectivity index (χ2v) is 5.21. The van der Waals surface area contributed by atoms with Gasteiger partial charge in [-0.1, -0.05) is 6.92 Å². The largest absolute Gasteiger partial charge is 0.377 e. The summed E-state index contributed by atoms with van der Waals surface area (Å²) in [4.78, 5) is 0. The number of sulfonamides is 1. The Kier molecular flexibility index (Phi) is 7.95. The summed E-state index contributed by atoms with van der Waals surface area (Å²) in [6.45, 7) is 7.87. The molecule has 0 spiro atoms. The van der Waals surface area contributed by atoms with Gasteiger partial charge in [-0.15, -0.1) is 0 Å². The van der Waals surface area contributed by atoms with E-state index in [2.05, 4.69) is 10.0 Å². The van der Waals surface area contributed by atoms with Crippen LogP contribution >= 0.6 is 0 Å². The van der Waals surface area contributed by atoms with Gasteiger partial charge in [0.15, 0.2) is 0 Å². The van der Waals surface area contributed by atoms with Crippen LogP contribution in [0, 0.1) is 0 Å². The van der Waals surface area contributed by atoms with Crippen molar-refractivity contribution in [3.8, 4) is 0 Å². The predicted octanol–water partition coefficient (Wildman–Crippen LogP) is -0.0597. The van der Waals surface area contributed by atoms with E-state index in [-0.39, 0.29) is 11.9 Å². The Morgan fingerprint density at radius 2 is 2.00 bits per heavy atom. The first kappa shape index (κ1) is 14.8. The minimum atomic E-state index is -3.16. The van der Waals surface area contributed by atoms with Crippen LogP contribution in [0.25, 0.3) is 0 Å². The van der Waals surface area contributed by atoms with Gasteiger partial charge in [0.05, 0.1) is 11.9 Å². The van der Waals surface area contributed by atoms with Crippen LogP contribution in [0.5, 0.6) is 0 Å². The lowest BCUT2D eigenvalue weighted by Gasteiger charge is -2.12. The van der Waals surface area contributed by atoms with Gasteiger partial charge >= 0.3 is 0 Å². The standard InChI is InChI=1S/C9H22N2O3S/c1-4-10-6-7-15(12,13)11-8-9(3)14-5-2/h9-11H,4-8H2,1-3H3. The lowest BCUT2D eigenvalue weighted by molar-refractivity contribution is 0.0799. The van der Waals surface area contributed by atoms with Gasteiger partial charge in [0.25, 0.3) is 0 Å². The van der Waals surface area contributed by atoms with Crippen molar-refractivity contribution in [1.29, 1.82) is 0 Å². The fraction of sp³-hybridized carbons (Fsp3) is 1.00. The van der Waals surface area contributed by atoms with Crippen molar-refractivity contribution in [1.82, 2.24) is 10.0 Å². The van der Waals surface area contributed by atoms with Crippen LogP contribution in [0.15, 0.2) is 0 Å². The van der Waals surface area contributed by atoms with Crippen molar-refractivity contribution in [2.45, 2.75) is 26.9 Å². The molecular weight excluding hydrogens is 216 g/mol. The molecule has 0 aliphatic heterocycles. The highest BCUT2D eigenvalue weighted by atomic mass is 32.2. The molecule has 15 heavy (non-hydrogen) atoms. The summed E-state index contributed by atoms with van der Waals surface area (Å²) in [5, 5.41) is 2.97. The molecule has 0 radical (unpaired) electrons. The molecule has 0 saturated heterocycles. The van der Waals surface area contributed by atoms with Gasteiger partial charge in [0.1, 0.15) is 0 Å². The van der Waals surface area contributed by atoms with Crippen LogP contribution in [-0.2, 0) is 14.8 Å². The minimum absolute atomic E-state index is 0.0797. The summed E-state index contributed by atoms with van der Waals surface area (Å²) in [5.41, 5.74) is 0. The monoisotopic (exact) mass is 238 g/mol. The van der Waals surface area contributed by atoms with Crippen LogP contribution in [-0.4, -0.2) is 46.5 Å². The zero-order valence-corrected chi connectivity index (χ0v) is 10.6. The molecule has 0 rings (SSSR count). The van der Waals surface area contributed by atoms with E-state index >= 15 is 0 Å². The quantitative estimate of drug-likeness (QED) is 0.552. The van der Waals surface area contributed by atoms with Crippen LogP contribution < -0.4 is 10.0 Å². The first-order valence-electron chi connectivity index (χ1n) is 5.31. The van der Waals surface area contributed by atoms with E-state index in [1.165, 1.54) is 0 Å². The molecule has 0 fully saturated rings. The minimum Gasteiger partial charge on any atom is -0.377 e. The van der Waals surface area contributed by atoms with Gasteiger partial charge in [-0.2, -0.15) is 0 Å². The van der Waals surface area contributed by atoms with Crippen LogP contribution in [0.4, 0.5) is 0 Å². The summed E-state index contributed by atoms with van der Waals surface area (Å²) in [7, 11) is -3.16. The summed E-state index contributed by atoms with van der Waals surface area (Å²) in [6.07, 6.45) is -0.0797. The lowest BCUT2D eigenvalue weighted by Crippen LogP contribution is -2.36. The molecule has 0 aliphatic rings. The number of hydrogen-bond donors (Lipinski definition) is 2. The molecule has 0 aliphatic carbocycles. The molecule has 0 bridgehead atoms. The summed E-state index contributed by atoms with van der Waals surface area (Å²) in [5.74, 6) is 0.111. The predicted molar refractivity (Wildman–Crippen MR) is 61.4 cm³/mol. The maximum atomic E-state index is 11.4. The molecule has 2 N–H and O–H groups in total. The maximum absolute atomic E-state index is 11.4. The van der Waals surface area contributed by atoms with Crippen molar-refractivity contribution in [3.63, 3.8) is 0 Å². The number of rotatable bonds is 9. The Labute approximate surface area is 92.6 Å². The zero-order chi connectivity index (χ0) is 11.7. The van der Waals surface area contributed by atoms with Gasteiger partial charge in [-0.05, 0) is 20.4 Å². The number of ether oxygens (including phenoxy) is 1. The van der Waals surface area contributed by atoms with Crippen molar-refractivity contribution in [3.05, 3.63) is 0 Å². The molecule has 0 amide bonds. The second kappa shape index (κ2) is 8.04. The van der Waals surface area contributed by atoms with Crippen LogP contribution in [0.1, 0.15) is 20.8 Å². The molecule has 5 nitrogen and oxygen atoms in total. The molecule has 0 aromatic heterocycles. The Hall–Kier alpha value is -0.170. The maximum Gasteiger partial charge on any atom is 0.212 e. The van der Waals surface area contributed by atoms with E-state index in [1.54, 1.807) is 0 Å². The summed E-state index contributed by atoms with van der Waals surface area (Å²) >= 11 is 0. The topological polar surface area (TPSA) is 67.4 Å². The molecule has 0 saturated carbocycles. The third-order valence-corrected chi connectivity index (χ3v) is 3.19. The Bertz CT molecular complexity index is 242. The molecule has 0 aromatic rings. The van der Waals surface area contributed by atoms with E-state index in [0.717, 1.165) is 6.54 Å². The van der Waals surface area contributed by atoms with Gasteiger partial charge in [-0.3, -0.25) is 0 Å². The second-order valence-electron chi connectivity index (χ2n) is 3.29. The third kappa shape index (κ3) is 8.80. The summed E-state index contributed by atoms with van der Waals surface area (Å²) in [6, 6.07) is 0. The smallest absolute Gasteiger partial charge is 0.212 e. The highest BCUT2D eigenvalue weighted by molar-refractivity contribution is 7.89. The van der Waals surface area contributed by atoms with Gasteiger partial charge in [-0.25, -0.2) is 13.1 Å². The van der Waals surface area contributed by atoms with Gasteiger partial charge in [0.2, 0.25) is 10.0 Å². The first-order chi connectivity index (χ1) is 7.02. The van der Waals surface area contributed by atoms with Crippen molar-refractivity contribution >= 4 is 10.0 Å². The van der Waals surface area contributed by atoms with E-state index < -0.39 is 10.0 Å². The molecule has 92 valence electrons. The fourth-order valence-corrected chi connectivity index (χ4v) is 2.09. The Morgan fingerprint density at radius 3 is 2.53 bits per heavy atom. The summed E-state index contributed by atoms with van der Waals surface area (Å²) < 4.78 is 30.5. The molecule has 1 atom stereocenters. The van der Waals surface area contributed by atoms with Crippen molar-refractivity contribution in [2.24, 2.45) is 0 Å². The molecule has 1 unspecified atom stereocenters. The molecule has 0 aromatic carbocycles. The lowest BCUT2D eigenvalue weighted by atomic mass is 10.4. The first-order valence-corrected chi connectivity index (χ1v) is 6.96. The molecule has 0 heterocycles. The van der Waals surface area contributed by atoms with E-state index in [9.17, 15) is 8.42 Å². The fourth-order valence-electron chi connectivity index (χ4n) is 1.04. The number of hydrogen-bond acceptors (Lipinski definition) is 4. The van der Waals surface area contributed by atoms with Crippen molar-refractivity contribution < 1.29 is 13.2 Å². The van der Waals surface area contributed by atoms with E-state index in [0.29, 0.717) is 19.7 Å². The zero-order valence-electron chi connectivity index (χ0n) is 9.75. The SMILES string of the molecule is CCNCCS(=O)(=O)NCC(C)OCC. The molecule has 6 heteroatoms. The van der Waals surface area contributed by atoms with Crippen LogP contribution in [0.2, 0.25) is 0 Å². The Balaban J connectivity index is 3.73. The highest BCUT2D eigenvalue weighted by Gasteiger charge is 2.11. The number of nitrogens with one attached hydrogen (secondary N) is 2. The van der Waals surface area contributed by atoms with E-state index in [4.69, 9.17) is 4.74 Å². The average Bonchev–Trinajstić information content (AvgIpc) is 2.16. The van der Waals surface area contributed by atoms with Crippen molar-refractivity contribution in [2.75, 3.05) is 32.0 Å². The normalized spacial score (nSPS) is 14.1. The van der Waals surface area contributed by atoms with Gasteiger partial charge in [0, 0.05) is 19.7 Å². The molecular formula is C9H22N2O3S. The third-order valence-electron chi connectivity index (χ3n) is 1.84. The van der Waals surface area contributed by atoms with Gasteiger partial charge < -0.3 is 10.1 Å². The highest BCUT2D eigenvalue weighted by Crippen LogP contribution is 1.90. The Morgan fingerprint density at radius 1 is 1.33 bits per heavy atom. The van der Waals surface area contributed by atoms with Crippen LogP contribution in [0.3, 0.4) is 0 Å². The average molecular weight is 238 g/mol.